The van der Waals surface area contributed by atoms with Gasteiger partial charge in [0, 0.05) is 23.6 Å². The van der Waals surface area contributed by atoms with E-state index >= 15 is 0 Å². The fraction of sp³-hybridized carbons (Fsp3) is 0.562. The molecule has 1 aromatic carbocycles. The number of rotatable bonds is 7. The number of carbonyl (C=O) groups excluding carboxylic acids is 1. The van der Waals surface area contributed by atoms with Gasteiger partial charge < -0.3 is 20.5 Å². The summed E-state index contributed by atoms with van der Waals surface area (Å²) in [6, 6.07) is 7.93. The number of halogens is 1. The van der Waals surface area contributed by atoms with Gasteiger partial charge in [0.15, 0.2) is 0 Å². The second-order valence-corrected chi connectivity index (χ2v) is 7.02. The first-order valence-corrected chi connectivity index (χ1v) is 8.15. The zero-order valence-electron chi connectivity index (χ0n) is 13.4. The summed E-state index contributed by atoms with van der Waals surface area (Å²) >= 11 is 3.40. The van der Waals surface area contributed by atoms with Gasteiger partial charge in [-0.25, -0.2) is 4.79 Å². The lowest BCUT2D eigenvalue weighted by Crippen LogP contribution is -2.38. The minimum atomic E-state index is -0.500. The molecule has 0 aromatic heterocycles. The lowest BCUT2D eigenvalue weighted by molar-refractivity contribution is 0.0524. The van der Waals surface area contributed by atoms with E-state index in [1.54, 1.807) is 0 Å². The fourth-order valence-electron chi connectivity index (χ4n) is 1.78. The van der Waals surface area contributed by atoms with Crippen LogP contribution in [0.1, 0.15) is 32.8 Å². The van der Waals surface area contributed by atoms with Crippen molar-refractivity contribution in [1.82, 2.24) is 10.6 Å². The highest BCUT2D eigenvalue weighted by Crippen LogP contribution is 2.10. The monoisotopic (exact) mass is 372 g/mol. The van der Waals surface area contributed by atoms with Gasteiger partial charge in [-0.05, 0) is 44.9 Å². The molecule has 6 heteroatoms. The van der Waals surface area contributed by atoms with Crippen LogP contribution in [-0.4, -0.2) is 36.0 Å². The Balaban J connectivity index is 2.27. The molecule has 0 bridgehead atoms. The second-order valence-electron chi connectivity index (χ2n) is 6.10. The van der Waals surface area contributed by atoms with Gasteiger partial charge in [-0.15, -0.1) is 0 Å². The van der Waals surface area contributed by atoms with Crippen LogP contribution >= 0.6 is 15.9 Å². The van der Waals surface area contributed by atoms with Crippen LogP contribution in [0, 0.1) is 0 Å². The number of hydrogen-bond acceptors (Lipinski definition) is 4. The number of carbonyl (C=O) groups is 1. The van der Waals surface area contributed by atoms with E-state index in [4.69, 9.17) is 4.74 Å². The zero-order chi connectivity index (χ0) is 16.6. The van der Waals surface area contributed by atoms with Crippen molar-refractivity contribution < 1.29 is 14.6 Å². The minimum Gasteiger partial charge on any atom is -0.444 e. The molecule has 0 saturated heterocycles. The number of amides is 1. The zero-order valence-corrected chi connectivity index (χ0v) is 14.9. The highest BCUT2D eigenvalue weighted by molar-refractivity contribution is 9.10. The van der Waals surface area contributed by atoms with Crippen LogP contribution in [-0.2, 0) is 11.3 Å². The quantitative estimate of drug-likeness (QED) is 0.688. The molecule has 0 radical (unpaired) electrons. The predicted molar refractivity (Wildman–Crippen MR) is 90.7 cm³/mol. The molecule has 3 N–H and O–H groups in total. The third kappa shape index (κ3) is 8.36. The average Bonchev–Trinajstić information content (AvgIpc) is 2.42. The molecule has 0 unspecified atom stereocenters. The lowest BCUT2D eigenvalue weighted by atomic mass is 10.2. The first kappa shape index (κ1) is 18.9. The number of nitrogens with one attached hydrogen (secondary N) is 2. The van der Waals surface area contributed by atoms with Crippen LogP contribution in [0.3, 0.4) is 0 Å². The predicted octanol–water partition coefficient (Wildman–Crippen LogP) is 2.81. The van der Waals surface area contributed by atoms with Crippen molar-refractivity contribution in [3.63, 3.8) is 0 Å². The Kier molecular flexibility index (Phi) is 7.85. The number of hydrogen-bond donors (Lipinski definition) is 3. The van der Waals surface area contributed by atoms with E-state index in [-0.39, 0.29) is 12.6 Å². The maximum atomic E-state index is 11.5. The highest BCUT2D eigenvalue weighted by Gasteiger charge is 2.16. The Morgan fingerprint density at radius 1 is 1.32 bits per heavy atom. The van der Waals surface area contributed by atoms with Gasteiger partial charge in [0.25, 0.3) is 0 Å². The van der Waals surface area contributed by atoms with E-state index in [9.17, 15) is 9.90 Å². The molecule has 0 aliphatic heterocycles. The average molecular weight is 373 g/mol. The van der Waals surface area contributed by atoms with Gasteiger partial charge in [-0.2, -0.15) is 0 Å². The molecule has 0 heterocycles. The second kappa shape index (κ2) is 9.12. The van der Waals surface area contributed by atoms with Crippen molar-refractivity contribution in [2.45, 2.75) is 45.4 Å². The summed E-state index contributed by atoms with van der Waals surface area (Å²) in [7, 11) is 0. The van der Waals surface area contributed by atoms with Gasteiger partial charge >= 0.3 is 6.09 Å². The van der Waals surface area contributed by atoms with Crippen molar-refractivity contribution >= 4 is 22.0 Å². The van der Waals surface area contributed by atoms with E-state index in [1.165, 1.54) is 0 Å². The maximum Gasteiger partial charge on any atom is 0.407 e. The van der Waals surface area contributed by atoms with Crippen LogP contribution < -0.4 is 10.6 Å². The molecule has 5 nitrogen and oxygen atoms in total. The molecule has 1 aromatic rings. The van der Waals surface area contributed by atoms with Gasteiger partial charge in [0.05, 0.1) is 6.61 Å². The lowest BCUT2D eigenvalue weighted by Gasteiger charge is -2.21. The largest absolute Gasteiger partial charge is 0.444 e. The summed E-state index contributed by atoms with van der Waals surface area (Å²) < 4.78 is 6.19. The van der Waals surface area contributed by atoms with Crippen molar-refractivity contribution in [2.24, 2.45) is 0 Å². The topological polar surface area (TPSA) is 70.6 Å². The Morgan fingerprint density at radius 3 is 2.50 bits per heavy atom. The van der Waals surface area contributed by atoms with Crippen molar-refractivity contribution in [1.29, 1.82) is 0 Å². The Morgan fingerprint density at radius 2 is 1.95 bits per heavy atom. The molecule has 0 aliphatic carbocycles. The van der Waals surface area contributed by atoms with Crippen LogP contribution in [0.25, 0.3) is 0 Å². The van der Waals surface area contributed by atoms with Gasteiger partial charge in [0.2, 0.25) is 0 Å². The first-order chi connectivity index (χ1) is 10.3. The Labute approximate surface area is 140 Å². The standard InChI is InChI=1S/C16H25BrN2O3/c1-16(2,3)22-15(21)18-9-8-14(11-20)19-10-12-4-6-13(17)7-5-12/h4-7,14,19-20H,8-11H2,1-3H3,(H,18,21)/t14-/m1/s1. The molecule has 0 fully saturated rings. The number of ether oxygens (including phenoxy) is 1. The van der Waals surface area contributed by atoms with E-state index < -0.39 is 11.7 Å². The van der Waals surface area contributed by atoms with Crippen molar-refractivity contribution in [2.75, 3.05) is 13.2 Å². The van der Waals surface area contributed by atoms with Crippen LogP contribution in [0.4, 0.5) is 4.79 Å². The van der Waals surface area contributed by atoms with E-state index in [0.29, 0.717) is 19.5 Å². The third-order valence-corrected chi connectivity index (χ3v) is 3.42. The molecule has 0 saturated carbocycles. The first-order valence-electron chi connectivity index (χ1n) is 7.35. The Hall–Kier alpha value is -1.11. The molecule has 1 amide bonds. The van der Waals surface area contributed by atoms with E-state index in [2.05, 4.69) is 26.6 Å². The van der Waals surface area contributed by atoms with Gasteiger partial charge in [0.1, 0.15) is 5.60 Å². The number of aliphatic hydroxyl groups excluding tert-OH is 1. The minimum absolute atomic E-state index is 0.0204. The molecule has 0 spiro atoms. The van der Waals surface area contributed by atoms with Gasteiger partial charge in [-0.1, -0.05) is 28.1 Å². The summed E-state index contributed by atoms with van der Waals surface area (Å²) in [6.45, 7) is 6.61. The molecular weight excluding hydrogens is 348 g/mol. The molecule has 22 heavy (non-hydrogen) atoms. The third-order valence-electron chi connectivity index (χ3n) is 2.89. The van der Waals surface area contributed by atoms with Crippen LogP contribution in [0.15, 0.2) is 28.7 Å². The van der Waals surface area contributed by atoms with Crippen LogP contribution in [0.2, 0.25) is 0 Å². The smallest absolute Gasteiger partial charge is 0.407 e. The summed E-state index contributed by atoms with van der Waals surface area (Å²) in [4.78, 5) is 11.5. The normalized spacial score (nSPS) is 12.8. The molecule has 124 valence electrons. The van der Waals surface area contributed by atoms with E-state index in [1.807, 2.05) is 45.0 Å². The molecule has 1 atom stereocenters. The summed E-state index contributed by atoms with van der Waals surface area (Å²) in [5.41, 5.74) is 0.641. The number of alkyl carbamates (subject to hydrolysis) is 1. The number of aliphatic hydroxyl groups is 1. The number of benzene rings is 1. The summed E-state index contributed by atoms with van der Waals surface area (Å²) in [5, 5.41) is 15.3. The summed E-state index contributed by atoms with van der Waals surface area (Å²) in [5.74, 6) is 0. The van der Waals surface area contributed by atoms with Crippen molar-refractivity contribution in [3.05, 3.63) is 34.3 Å². The maximum absolute atomic E-state index is 11.5. The van der Waals surface area contributed by atoms with Crippen LogP contribution in [0.5, 0.6) is 0 Å². The fourth-order valence-corrected chi connectivity index (χ4v) is 2.05. The van der Waals surface area contributed by atoms with Crippen molar-refractivity contribution in [3.8, 4) is 0 Å². The highest BCUT2D eigenvalue weighted by atomic mass is 79.9. The Bertz CT molecular complexity index is 457. The summed E-state index contributed by atoms with van der Waals surface area (Å²) in [6.07, 6.45) is 0.198. The molecular formula is C16H25BrN2O3. The van der Waals surface area contributed by atoms with Gasteiger partial charge in [-0.3, -0.25) is 0 Å². The van der Waals surface area contributed by atoms with E-state index in [0.717, 1.165) is 10.0 Å². The molecule has 1 rings (SSSR count). The molecule has 0 aliphatic rings. The SMILES string of the molecule is CC(C)(C)OC(=O)NCC[C@H](CO)NCc1ccc(Br)cc1.